The lowest BCUT2D eigenvalue weighted by Crippen LogP contribution is -2.57. The Balaban J connectivity index is 1.84. The van der Waals surface area contributed by atoms with E-state index in [1.165, 1.54) is 0 Å². The number of nitrogens with zero attached hydrogens (tertiary/aromatic N) is 2. The van der Waals surface area contributed by atoms with Crippen LogP contribution >= 0.6 is 22.6 Å². The Morgan fingerprint density at radius 3 is 2.77 bits per heavy atom. The number of aromatic nitrogens is 2. The molecule has 2 heterocycles. The Morgan fingerprint density at radius 1 is 1.38 bits per heavy atom. The van der Waals surface area contributed by atoms with Crippen LogP contribution in [0.25, 0.3) is 0 Å². The Hall–Kier alpha value is -1.94. The Labute approximate surface area is 166 Å². The number of anilines is 1. The van der Waals surface area contributed by atoms with E-state index in [1.807, 2.05) is 39.0 Å². The van der Waals surface area contributed by atoms with Gasteiger partial charge in [-0.1, -0.05) is 19.1 Å². The molecule has 3 atom stereocenters. The maximum absolute atomic E-state index is 12.6. The third kappa shape index (κ3) is 3.75. The van der Waals surface area contributed by atoms with Crippen LogP contribution in [-0.2, 0) is 4.79 Å². The first-order valence-corrected chi connectivity index (χ1v) is 9.67. The van der Waals surface area contributed by atoms with Crippen molar-refractivity contribution in [1.29, 1.82) is 0 Å². The molecule has 138 valence electrons. The number of amides is 2. The molecule has 3 unspecified atom stereocenters. The van der Waals surface area contributed by atoms with Crippen molar-refractivity contribution in [2.45, 2.75) is 39.5 Å². The molecule has 1 aliphatic rings. The van der Waals surface area contributed by atoms with Gasteiger partial charge in [0, 0.05) is 15.7 Å². The van der Waals surface area contributed by atoms with E-state index in [1.54, 1.807) is 16.8 Å². The molecule has 0 saturated carbocycles. The van der Waals surface area contributed by atoms with Gasteiger partial charge in [-0.15, -0.1) is 0 Å². The van der Waals surface area contributed by atoms with Crippen LogP contribution in [0.5, 0.6) is 0 Å². The Morgan fingerprint density at radius 2 is 2.12 bits per heavy atom. The fourth-order valence-electron chi connectivity index (χ4n) is 3.18. The van der Waals surface area contributed by atoms with E-state index in [9.17, 15) is 9.59 Å². The second kappa shape index (κ2) is 7.75. The fraction of sp³-hybridized carbons (Fsp3) is 0.389. The van der Waals surface area contributed by atoms with Crippen LogP contribution in [0.1, 0.15) is 42.6 Å². The SMILES string of the molecule is CCC1C(=O)NC(n2nc(C)cc2NC(=O)c2ccccc2I)NC1C. The molecule has 26 heavy (non-hydrogen) atoms. The van der Waals surface area contributed by atoms with Crippen LogP contribution in [-0.4, -0.2) is 27.6 Å². The van der Waals surface area contributed by atoms with E-state index >= 15 is 0 Å². The smallest absolute Gasteiger partial charge is 0.257 e. The molecule has 3 N–H and O–H groups in total. The average molecular weight is 467 g/mol. The number of carbonyl (C=O) groups is 2. The van der Waals surface area contributed by atoms with Gasteiger partial charge in [-0.25, -0.2) is 4.68 Å². The summed E-state index contributed by atoms with van der Waals surface area (Å²) >= 11 is 2.13. The first kappa shape index (κ1) is 18.8. The lowest BCUT2D eigenvalue weighted by atomic mass is 9.95. The number of halogens is 1. The van der Waals surface area contributed by atoms with Gasteiger partial charge in [0.05, 0.1) is 17.2 Å². The first-order valence-electron chi connectivity index (χ1n) is 8.59. The molecule has 7 nitrogen and oxygen atoms in total. The molecule has 0 aliphatic carbocycles. The van der Waals surface area contributed by atoms with Gasteiger partial charge in [0.2, 0.25) is 5.91 Å². The van der Waals surface area contributed by atoms with Crippen LogP contribution in [0, 0.1) is 16.4 Å². The summed E-state index contributed by atoms with van der Waals surface area (Å²) in [6, 6.07) is 9.18. The fourth-order valence-corrected chi connectivity index (χ4v) is 3.81. The molecule has 8 heteroatoms. The van der Waals surface area contributed by atoms with Crippen molar-refractivity contribution in [3.8, 4) is 0 Å². The van der Waals surface area contributed by atoms with Crippen molar-refractivity contribution in [2.24, 2.45) is 5.92 Å². The highest BCUT2D eigenvalue weighted by atomic mass is 127. The highest BCUT2D eigenvalue weighted by Crippen LogP contribution is 2.22. The number of nitrogens with one attached hydrogen (secondary N) is 3. The van der Waals surface area contributed by atoms with E-state index in [2.05, 4.69) is 43.6 Å². The molecule has 2 aromatic rings. The topological polar surface area (TPSA) is 88.1 Å². The number of hydrogen-bond donors (Lipinski definition) is 3. The maximum Gasteiger partial charge on any atom is 0.257 e. The summed E-state index contributed by atoms with van der Waals surface area (Å²) in [6.07, 6.45) is 0.264. The zero-order chi connectivity index (χ0) is 18.8. The molecule has 1 fully saturated rings. The minimum Gasteiger partial charge on any atom is -0.322 e. The van der Waals surface area contributed by atoms with Crippen LogP contribution in [0.3, 0.4) is 0 Å². The largest absolute Gasteiger partial charge is 0.322 e. The van der Waals surface area contributed by atoms with Crippen molar-refractivity contribution in [2.75, 3.05) is 5.32 Å². The van der Waals surface area contributed by atoms with Gasteiger partial charge in [0.15, 0.2) is 6.29 Å². The van der Waals surface area contributed by atoms with Gasteiger partial charge in [-0.2, -0.15) is 5.10 Å². The highest BCUT2D eigenvalue weighted by Gasteiger charge is 2.34. The Kier molecular flexibility index (Phi) is 5.61. The maximum atomic E-state index is 12.6. The second-order valence-corrected chi connectivity index (χ2v) is 7.59. The molecule has 1 aromatic carbocycles. The molecule has 1 saturated heterocycles. The summed E-state index contributed by atoms with van der Waals surface area (Å²) in [7, 11) is 0. The van der Waals surface area contributed by atoms with Crippen molar-refractivity contribution in [1.82, 2.24) is 20.4 Å². The van der Waals surface area contributed by atoms with Crippen molar-refractivity contribution in [3.05, 3.63) is 45.2 Å². The summed E-state index contributed by atoms with van der Waals surface area (Å²) in [5.41, 5.74) is 1.35. The molecule has 3 rings (SSSR count). The quantitative estimate of drug-likeness (QED) is 0.604. The number of aryl methyl sites for hydroxylation is 1. The summed E-state index contributed by atoms with van der Waals surface area (Å²) < 4.78 is 2.48. The zero-order valence-corrected chi connectivity index (χ0v) is 17.1. The number of rotatable bonds is 4. The van der Waals surface area contributed by atoms with Gasteiger partial charge in [-0.3, -0.25) is 14.9 Å². The van der Waals surface area contributed by atoms with Crippen molar-refractivity contribution in [3.63, 3.8) is 0 Å². The summed E-state index contributed by atoms with van der Waals surface area (Å²) in [4.78, 5) is 25.0. The molecule has 0 radical (unpaired) electrons. The monoisotopic (exact) mass is 467 g/mol. The number of benzene rings is 1. The van der Waals surface area contributed by atoms with Gasteiger partial charge in [-0.05, 0) is 55.0 Å². The van der Waals surface area contributed by atoms with Crippen LogP contribution in [0.2, 0.25) is 0 Å². The molecular weight excluding hydrogens is 445 g/mol. The summed E-state index contributed by atoms with van der Waals surface area (Å²) in [6.45, 7) is 5.83. The molecule has 0 spiro atoms. The molecular formula is C18H22IN5O2. The van der Waals surface area contributed by atoms with E-state index < -0.39 is 6.29 Å². The molecule has 0 bridgehead atoms. The molecule has 2 amide bonds. The predicted molar refractivity (Wildman–Crippen MR) is 108 cm³/mol. The normalized spacial score (nSPS) is 22.8. The molecule has 1 aliphatic heterocycles. The third-order valence-electron chi connectivity index (χ3n) is 4.54. The summed E-state index contributed by atoms with van der Waals surface area (Å²) in [5, 5.41) is 13.6. The summed E-state index contributed by atoms with van der Waals surface area (Å²) in [5.74, 6) is 0.239. The zero-order valence-electron chi connectivity index (χ0n) is 14.9. The van der Waals surface area contributed by atoms with E-state index in [0.717, 1.165) is 15.7 Å². The van der Waals surface area contributed by atoms with E-state index in [0.29, 0.717) is 11.4 Å². The molecule has 1 aromatic heterocycles. The number of hydrogen-bond acceptors (Lipinski definition) is 4. The highest BCUT2D eigenvalue weighted by molar-refractivity contribution is 14.1. The third-order valence-corrected chi connectivity index (χ3v) is 5.48. The predicted octanol–water partition coefficient (Wildman–Crippen LogP) is 2.64. The minimum absolute atomic E-state index is 0.00760. The van der Waals surface area contributed by atoms with Crippen LogP contribution in [0.4, 0.5) is 5.82 Å². The van der Waals surface area contributed by atoms with Gasteiger partial charge in [0.1, 0.15) is 5.82 Å². The second-order valence-electron chi connectivity index (χ2n) is 6.43. The van der Waals surface area contributed by atoms with Crippen LogP contribution < -0.4 is 16.0 Å². The van der Waals surface area contributed by atoms with Gasteiger partial charge in [0.25, 0.3) is 5.91 Å². The van der Waals surface area contributed by atoms with Gasteiger partial charge >= 0.3 is 0 Å². The lowest BCUT2D eigenvalue weighted by molar-refractivity contribution is -0.130. The van der Waals surface area contributed by atoms with Crippen molar-refractivity contribution < 1.29 is 9.59 Å². The lowest BCUT2D eigenvalue weighted by Gasteiger charge is -2.35. The Bertz CT molecular complexity index is 835. The standard InChI is InChI=1S/C18H22IN5O2/c1-4-12-11(3)20-18(22-16(12)25)24-15(9-10(2)23-24)21-17(26)13-7-5-6-8-14(13)19/h5-9,11-12,18,20H,4H2,1-3H3,(H,21,26)(H,22,25). The minimum atomic E-state index is -0.501. The van der Waals surface area contributed by atoms with Gasteiger partial charge < -0.3 is 10.6 Å². The average Bonchev–Trinajstić information content (AvgIpc) is 2.95. The van der Waals surface area contributed by atoms with Crippen LogP contribution in [0.15, 0.2) is 30.3 Å². The van der Waals surface area contributed by atoms with Crippen molar-refractivity contribution >= 4 is 40.2 Å². The van der Waals surface area contributed by atoms with E-state index in [4.69, 9.17) is 0 Å². The van der Waals surface area contributed by atoms with E-state index in [-0.39, 0.29) is 23.8 Å². The number of carbonyl (C=O) groups excluding carboxylic acids is 2. The first-order chi connectivity index (χ1) is 12.4.